The summed E-state index contributed by atoms with van der Waals surface area (Å²) in [7, 11) is 0. The summed E-state index contributed by atoms with van der Waals surface area (Å²) in [5.74, 6) is 0.647. The molecular weight excluding hydrogens is 266 g/mol. The Morgan fingerprint density at radius 2 is 2.38 bits per heavy atom. The molecule has 3 nitrogen and oxygen atoms in total. The highest BCUT2D eigenvalue weighted by molar-refractivity contribution is 9.10. The van der Waals surface area contributed by atoms with Gasteiger partial charge in [-0.15, -0.1) is 0 Å². The molecule has 0 radical (unpaired) electrons. The Morgan fingerprint density at radius 3 is 3.00 bits per heavy atom. The van der Waals surface area contributed by atoms with Gasteiger partial charge in [-0.1, -0.05) is 6.92 Å². The van der Waals surface area contributed by atoms with Crippen LogP contribution in [0.2, 0.25) is 0 Å². The Bertz CT molecular complexity index is 339. The first-order valence-corrected chi connectivity index (χ1v) is 6.53. The van der Waals surface area contributed by atoms with Crippen molar-refractivity contribution >= 4 is 15.9 Å². The average molecular weight is 284 g/mol. The Kier molecular flexibility index (Phi) is 3.95. The van der Waals surface area contributed by atoms with E-state index in [4.69, 9.17) is 5.73 Å². The molecule has 4 heteroatoms. The Labute approximate surface area is 105 Å². The van der Waals surface area contributed by atoms with E-state index in [0.717, 1.165) is 29.8 Å². The van der Waals surface area contributed by atoms with Crippen molar-refractivity contribution in [3.63, 3.8) is 0 Å². The molecule has 16 heavy (non-hydrogen) atoms. The number of piperidine rings is 1. The highest BCUT2D eigenvalue weighted by Crippen LogP contribution is 2.17. The topological polar surface area (TPSA) is 42.2 Å². The van der Waals surface area contributed by atoms with Crippen molar-refractivity contribution in [2.24, 2.45) is 11.7 Å². The van der Waals surface area contributed by atoms with Crippen molar-refractivity contribution in [2.45, 2.75) is 25.9 Å². The number of nitrogens with zero attached hydrogens (tertiary/aromatic N) is 2. The highest BCUT2D eigenvalue weighted by atomic mass is 79.9. The zero-order chi connectivity index (χ0) is 11.5. The lowest BCUT2D eigenvalue weighted by atomic mass is 9.94. The number of hydrogen-bond acceptors (Lipinski definition) is 3. The van der Waals surface area contributed by atoms with Gasteiger partial charge in [0.1, 0.15) is 0 Å². The van der Waals surface area contributed by atoms with E-state index >= 15 is 0 Å². The first-order valence-electron chi connectivity index (χ1n) is 5.73. The molecule has 88 valence electrons. The van der Waals surface area contributed by atoms with E-state index in [9.17, 15) is 0 Å². The molecule has 2 atom stereocenters. The maximum atomic E-state index is 6.08. The average Bonchev–Trinajstić information content (AvgIpc) is 2.27. The van der Waals surface area contributed by atoms with Crippen LogP contribution in [-0.4, -0.2) is 29.0 Å². The fourth-order valence-electron chi connectivity index (χ4n) is 2.04. The minimum Gasteiger partial charge on any atom is -0.326 e. The van der Waals surface area contributed by atoms with E-state index in [0.29, 0.717) is 12.0 Å². The van der Waals surface area contributed by atoms with Gasteiger partial charge in [-0.3, -0.25) is 9.88 Å². The standard InChI is InChI=1S/C12H18BrN3/c1-9-4-5-16(8-12(9)14)7-11-3-2-10(13)6-15-11/h2-3,6,9,12H,4-5,7-8,14H2,1H3. The Morgan fingerprint density at radius 1 is 1.56 bits per heavy atom. The smallest absolute Gasteiger partial charge is 0.0544 e. The molecule has 1 aromatic rings. The van der Waals surface area contributed by atoms with Crippen LogP contribution in [0.5, 0.6) is 0 Å². The molecule has 2 N–H and O–H groups in total. The van der Waals surface area contributed by atoms with Crippen molar-refractivity contribution in [3.8, 4) is 0 Å². The summed E-state index contributed by atoms with van der Waals surface area (Å²) in [6.07, 6.45) is 3.04. The van der Waals surface area contributed by atoms with Gasteiger partial charge in [-0.2, -0.15) is 0 Å². The van der Waals surface area contributed by atoms with E-state index in [2.05, 4.69) is 38.8 Å². The van der Waals surface area contributed by atoms with Crippen molar-refractivity contribution in [2.75, 3.05) is 13.1 Å². The van der Waals surface area contributed by atoms with Gasteiger partial charge in [0.05, 0.1) is 5.69 Å². The zero-order valence-corrected chi connectivity index (χ0v) is 11.2. The molecular formula is C12H18BrN3. The normalized spacial score (nSPS) is 26.9. The summed E-state index contributed by atoms with van der Waals surface area (Å²) in [6.45, 7) is 5.26. The molecule has 1 aliphatic heterocycles. The molecule has 1 aliphatic rings. The third-order valence-electron chi connectivity index (χ3n) is 3.27. The van der Waals surface area contributed by atoms with Crippen LogP contribution in [0.25, 0.3) is 0 Å². The molecule has 2 rings (SSSR count). The predicted octanol–water partition coefficient (Wildman–Crippen LogP) is 2.01. The lowest BCUT2D eigenvalue weighted by molar-refractivity contribution is 0.160. The lowest BCUT2D eigenvalue weighted by Gasteiger charge is -2.34. The second kappa shape index (κ2) is 5.25. The molecule has 1 fully saturated rings. The number of rotatable bonds is 2. The van der Waals surface area contributed by atoms with Gasteiger partial charge in [-0.25, -0.2) is 0 Å². The first kappa shape index (κ1) is 12.0. The van der Waals surface area contributed by atoms with Gasteiger partial charge < -0.3 is 5.73 Å². The molecule has 0 saturated carbocycles. The van der Waals surface area contributed by atoms with Crippen LogP contribution in [0.15, 0.2) is 22.8 Å². The van der Waals surface area contributed by atoms with E-state index in [-0.39, 0.29) is 0 Å². The molecule has 1 saturated heterocycles. The summed E-state index contributed by atoms with van der Waals surface area (Å²) in [4.78, 5) is 6.78. The van der Waals surface area contributed by atoms with Gasteiger partial charge in [0.2, 0.25) is 0 Å². The molecule has 2 heterocycles. The summed E-state index contributed by atoms with van der Waals surface area (Å²) < 4.78 is 1.03. The van der Waals surface area contributed by atoms with Crippen molar-refractivity contribution < 1.29 is 0 Å². The van der Waals surface area contributed by atoms with Crippen LogP contribution < -0.4 is 5.73 Å². The lowest BCUT2D eigenvalue weighted by Crippen LogP contribution is -2.47. The number of nitrogens with two attached hydrogens (primary N) is 1. The second-order valence-electron chi connectivity index (χ2n) is 4.63. The van der Waals surface area contributed by atoms with Crippen LogP contribution in [0.4, 0.5) is 0 Å². The summed E-state index contributed by atoms with van der Waals surface area (Å²) in [6, 6.07) is 4.41. The van der Waals surface area contributed by atoms with E-state index in [1.54, 1.807) is 0 Å². The first-order chi connectivity index (χ1) is 7.65. The SMILES string of the molecule is CC1CCN(Cc2ccc(Br)cn2)CC1N. The van der Waals surface area contributed by atoms with Gasteiger partial charge in [0.15, 0.2) is 0 Å². The minimum absolute atomic E-state index is 0.309. The molecule has 2 unspecified atom stereocenters. The van der Waals surface area contributed by atoms with Gasteiger partial charge in [0.25, 0.3) is 0 Å². The highest BCUT2D eigenvalue weighted by Gasteiger charge is 2.22. The Balaban J connectivity index is 1.93. The number of halogens is 1. The van der Waals surface area contributed by atoms with Crippen LogP contribution >= 0.6 is 15.9 Å². The third kappa shape index (κ3) is 3.03. The second-order valence-corrected chi connectivity index (χ2v) is 5.55. The molecule has 0 aromatic carbocycles. The van der Waals surface area contributed by atoms with Crippen molar-refractivity contribution in [3.05, 3.63) is 28.5 Å². The van der Waals surface area contributed by atoms with Crippen molar-refractivity contribution in [1.82, 2.24) is 9.88 Å². The summed E-state index contributed by atoms with van der Waals surface area (Å²) in [5, 5.41) is 0. The minimum atomic E-state index is 0.309. The quantitative estimate of drug-likeness (QED) is 0.903. The fraction of sp³-hybridized carbons (Fsp3) is 0.583. The number of hydrogen-bond donors (Lipinski definition) is 1. The molecule has 0 aliphatic carbocycles. The van der Waals surface area contributed by atoms with E-state index in [1.807, 2.05) is 12.3 Å². The predicted molar refractivity (Wildman–Crippen MR) is 69.0 cm³/mol. The van der Waals surface area contributed by atoms with Gasteiger partial charge >= 0.3 is 0 Å². The van der Waals surface area contributed by atoms with Crippen LogP contribution in [0.3, 0.4) is 0 Å². The van der Waals surface area contributed by atoms with Crippen LogP contribution in [0, 0.1) is 5.92 Å². The number of aromatic nitrogens is 1. The van der Waals surface area contributed by atoms with Crippen LogP contribution in [0.1, 0.15) is 19.0 Å². The number of likely N-dealkylation sites (tertiary alicyclic amines) is 1. The maximum Gasteiger partial charge on any atom is 0.0544 e. The Hall–Kier alpha value is -0.450. The number of pyridine rings is 1. The zero-order valence-electron chi connectivity index (χ0n) is 9.56. The van der Waals surface area contributed by atoms with E-state index < -0.39 is 0 Å². The largest absolute Gasteiger partial charge is 0.326 e. The van der Waals surface area contributed by atoms with Gasteiger partial charge in [0, 0.05) is 29.8 Å². The maximum absolute atomic E-state index is 6.08. The van der Waals surface area contributed by atoms with Gasteiger partial charge in [-0.05, 0) is 46.9 Å². The summed E-state index contributed by atoms with van der Waals surface area (Å²) >= 11 is 3.39. The third-order valence-corrected chi connectivity index (χ3v) is 3.74. The molecule has 0 spiro atoms. The van der Waals surface area contributed by atoms with Crippen molar-refractivity contribution in [1.29, 1.82) is 0 Å². The monoisotopic (exact) mass is 283 g/mol. The van der Waals surface area contributed by atoms with Crippen LogP contribution in [-0.2, 0) is 6.54 Å². The molecule has 0 bridgehead atoms. The van der Waals surface area contributed by atoms with E-state index in [1.165, 1.54) is 6.42 Å². The summed E-state index contributed by atoms with van der Waals surface area (Å²) in [5.41, 5.74) is 7.19. The molecule has 0 amide bonds. The molecule has 1 aromatic heterocycles. The fourth-order valence-corrected chi connectivity index (χ4v) is 2.28.